The Morgan fingerprint density at radius 2 is 2.00 bits per heavy atom. The molecule has 1 amide bonds. The number of hydrogen-bond acceptors (Lipinski definition) is 3. The molecule has 0 radical (unpaired) electrons. The predicted molar refractivity (Wildman–Crippen MR) is 79.7 cm³/mol. The number of carbonyl (C=O) groups is 1. The van der Waals surface area contributed by atoms with Gasteiger partial charge in [0.05, 0.1) is 0 Å². The first-order valence-electron chi connectivity index (χ1n) is 7.10. The minimum Gasteiger partial charge on any atom is -0.337 e. The van der Waals surface area contributed by atoms with Gasteiger partial charge in [0, 0.05) is 30.7 Å². The fourth-order valence-corrected chi connectivity index (χ4v) is 2.81. The van der Waals surface area contributed by atoms with E-state index in [4.69, 9.17) is 0 Å². The van der Waals surface area contributed by atoms with Crippen molar-refractivity contribution in [2.75, 3.05) is 20.1 Å². The molecule has 1 aromatic carbocycles. The SMILES string of the molecule is CNC1CCN(C(=O)c2nccc3ccccc23)CC1. The summed E-state index contributed by atoms with van der Waals surface area (Å²) in [6.45, 7) is 1.60. The molecule has 1 aliphatic rings. The molecule has 4 nitrogen and oxygen atoms in total. The topological polar surface area (TPSA) is 45.2 Å². The number of aromatic nitrogens is 1. The van der Waals surface area contributed by atoms with Crippen LogP contribution in [0.15, 0.2) is 36.5 Å². The molecule has 0 aliphatic carbocycles. The van der Waals surface area contributed by atoms with Crippen LogP contribution in [0, 0.1) is 0 Å². The number of piperidine rings is 1. The third kappa shape index (κ3) is 2.39. The lowest BCUT2D eigenvalue weighted by atomic mass is 10.0. The van der Waals surface area contributed by atoms with Crippen molar-refractivity contribution in [3.8, 4) is 0 Å². The van der Waals surface area contributed by atoms with Crippen LogP contribution < -0.4 is 5.32 Å². The molecule has 0 atom stereocenters. The Kier molecular flexibility index (Phi) is 3.65. The molecule has 104 valence electrons. The van der Waals surface area contributed by atoms with Crippen molar-refractivity contribution in [1.29, 1.82) is 0 Å². The molecular weight excluding hydrogens is 250 g/mol. The minimum absolute atomic E-state index is 0.0522. The number of nitrogens with zero attached hydrogens (tertiary/aromatic N) is 2. The van der Waals surface area contributed by atoms with E-state index in [1.165, 1.54) is 0 Å². The fourth-order valence-electron chi connectivity index (χ4n) is 2.81. The largest absolute Gasteiger partial charge is 0.337 e. The van der Waals surface area contributed by atoms with Crippen LogP contribution in [0.2, 0.25) is 0 Å². The van der Waals surface area contributed by atoms with Gasteiger partial charge in [-0.05, 0) is 31.3 Å². The van der Waals surface area contributed by atoms with Gasteiger partial charge in [-0.15, -0.1) is 0 Å². The quantitative estimate of drug-likeness (QED) is 0.907. The van der Waals surface area contributed by atoms with E-state index in [0.29, 0.717) is 11.7 Å². The average molecular weight is 269 g/mol. The summed E-state index contributed by atoms with van der Waals surface area (Å²) in [4.78, 5) is 18.9. The van der Waals surface area contributed by atoms with Gasteiger partial charge in [-0.1, -0.05) is 24.3 Å². The standard InChI is InChI=1S/C16H19N3O/c1-17-13-7-10-19(11-8-13)16(20)15-14-5-3-2-4-12(14)6-9-18-15/h2-6,9,13,17H,7-8,10-11H2,1H3. The lowest BCUT2D eigenvalue weighted by Crippen LogP contribution is -2.44. The highest BCUT2D eigenvalue weighted by atomic mass is 16.2. The predicted octanol–water partition coefficient (Wildman–Crippen LogP) is 2.06. The van der Waals surface area contributed by atoms with E-state index in [1.54, 1.807) is 6.20 Å². The van der Waals surface area contributed by atoms with Crippen LogP contribution in [-0.2, 0) is 0 Å². The van der Waals surface area contributed by atoms with Crippen molar-refractivity contribution in [3.05, 3.63) is 42.2 Å². The van der Waals surface area contributed by atoms with Crippen LogP contribution in [0.1, 0.15) is 23.3 Å². The smallest absolute Gasteiger partial charge is 0.273 e. The maximum absolute atomic E-state index is 12.7. The van der Waals surface area contributed by atoms with Gasteiger partial charge in [-0.25, -0.2) is 0 Å². The zero-order valence-corrected chi connectivity index (χ0v) is 11.7. The Morgan fingerprint density at radius 3 is 2.75 bits per heavy atom. The Balaban J connectivity index is 1.86. The van der Waals surface area contributed by atoms with Crippen LogP contribution in [0.3, 0.4) is 0 Å². The molecule has 2 aromatic rings. The van der Waals surface area contributed by atoms with Gasteiger partial charge in [-0.2, -0.15) is 0 Å². The second kappa shape index (κ2) is 5.59. The molecule has 1 N–H and O–H groups in total. The lowest BCUT2D eigenvalue weighted by Gasteiger charge is -2.31. The number of hydrogen-bond donors (Lipinski definition) is 1. The van der Waals surface area contributed by atoms with Crippen molar-refractivity contribution >= 4 is 16.7 Å². The average Bonchev–Trinajstić information content (AvgIpc) is 2.54. The zero-order chi connectivity index (χ0) is 13.9. The number of benzene rings is 1. The van der Waals surface area contributed by atoms with E-state index >= 15 is 0 Å². The normalized spacial score (nSPS) is 16.6. The van der Waals surface area contributed by atoms with E-state index in [1.807, 2.05) is 42.3 Å². The van der Waals surface area contributed by atoms with Crippen molar-refractivity contribution in [3.63, 3.8) is 0 Å². The summed E-state index contributed by atoms with van der Waals surface area (Å²) in [5.74, 6) is 0.0522. The highest BCUT2D eigenvalue weighted by Gasteiger charge is 2.24. The summed E-state index contributed by atoms with van der Waals surface area (Å²) < 4.78 is 0. The number of likely N-dealkylation sites (tertiary alicyclic amines) is 1. The van der Waals surface area contributed by atoms with Crippen LogP contribution in [0.25, 0.3) is 10.8 Å². The van der Waals surface area contributed by atoms with Crippen LogP contribution in [-0.4, -0.2) is 42.0 Å². The number of pyridine rings is 1. The lowest BCUT2D eigenvalue weighted by molar-refractivity contribution is 0.0703. The second-order valence-corrected chi connectivity index (χ2v) is 5.24. The molecule has 2 heterocycles. The molecule has 3 rings (SSSR count). The Hall–Kier alpha value is -1.94. The number of carbonyl (C=O) groups excluding carboxylic acids is 1. The molecule has 1 saturated heterocycles. The summed E-state index contributed by atoms with van der Waals surface area (Å²) in [5.41, 5.74) is 0.575. The first kappa shape index (κ1) is 13.1. The number of rotatable bonds is 2. The number of fused-ring (bicyclic) bond motifs is 1. The monoisotopic (exact) mass is 269 g/mol. The highest BCUT2D eigenvalue weighted by molar-refractivity contribution is 6.05. The van der Waals surface area contributed by atoms with Crippen molar-refractivity contribution < 1.29 is 4.79 Å². The number of nitrogens with one attached hydrogen (secondary N) is 1. The van der Waals surface area contributed by atoms with Crippen LogP contribution in [0.5, 0.6) is 0 Å². The second-order valence-electron chi connectivity index (χ2n) is 5.24. The molecule has 0 spiro atoms. The summed E-state index contributed by atoms with van der Waals surface area (Å²) in [6.07, 6.45) is 3.73. The number of amides is 1. The molecule has 1 aliphatic heterocycles. The van der Waals surface area contributed by atoms with Gasteiger partial charge >= 0.3 is 0 Å². The summed E-state index contributed by atoms with van der Waals surface area (Å²) in [6, 6.07) is 10.4. The zero-order valence-electron chi connectivity index (χ0n) is 11.7. The van der Waals surface area contributed by atoms with E-state index in [9.17, 15) is 4.79 Å². The van der Waals surface area contributed by atoms with Crippen LogP contribution in [0.4, 0.5) is 0 Å². The van der Waals surface area contributed by atoms with Gasteiger partial charge in [0.1, 0.15) is 5.69 Å². The summed E-state index contributed by atoms with van der Waals surface area (Å²) in [5, 5.41) is 5.29. The maximum atomic E-state index is 12.7. The molecule has 1 fully saturated rings. The molecule has 0 saturated carbocycles. The van der Waals surface area contributed by atoms with Gasteiger partial charge in [0.2, 0.25) is 0 Å². The van der Waals surface area contributed by atoms with E-state index in [2.05, 4.69) is 10.3 Å². The van der Waals surface area contributed by atoms with Crippen molar-refractivity contribution in [2.45, 2.75) is 18.9 Å². The molecule has 4 heteroatoms. The maximum Gasteiger partial charge on any atom is 0.273 e. The Labute approximate surface area is 118 Å². The Bertz CT molecular complexity index is 613. The summed E-state index contributed by atoms with van der Waals surface area (Å²) in [7, 11) is 1.98. The van der Waals surface area contributed by atoms with E-state index in [-0.39, 0.29) is 5.91 Å². The van der Waals surface area contributed by atoms with Gasteiger partial charge in [0.25, 0.3) is 5.91 Å². The van der Waals surface area contributed by atoms with Gasteiger partial charge < -0.3 is 10.2 Å². The Morgan fingerprint density at radius 1 is 1.25 bits per heavy atom. The molecular formula is C16H19N3O. The van der Waals surface area contributed by atoms with Crippen molar-refractivity contribution in [2.24, 2.45) is 0 Å². The molecule has 0 bridgehead atoms. The first-order valence-corrected chi connectivity index (χ1v) is 7.10. The molecule has 20 heavy (non-hydrogen) atoms. The van der Waals surface area contributed by atoms with Gasteiger partial charge in [0.15, 0.2) is 0 Å². The van der Waals surface area contributed by atoms with Crippen LogP contribution >= 0.6 is 0 Å². The van der Waals surface area contributed by atoms with E-state index in [0.717, 1.165) is 36.7 Å². The molecule has 0 unspecified atom stereocenters. The fraction of sp³-hybridized carbons (Fsp3) is 0.375. The van der Waals surface area contributed by atoms with E-state index < -0.39 is 0 Å². The minimum atomic E-state index is 0.0522. The molecule has 1 aromatic heterocycles. The highest BCUT2D eigenvalue weighted by Crippen LogP contribution is 2.19. The first-order chi connectivity index (χ1) is 9.79. The van der Waals surface area contributed by atoms with Crippen molar-refractivity contribution in [1.82, 2.24) is 15.2 Å². The van der Waals surface area contributed by atoms with Gasteiger partial charge in [-0.3, -0.25) is 9.78 Å². The third-order valence-corrected chi connectivity index (χ3v) is 4.07. The summed E-state index contributed by atoms with van der Waals surface area (Å²) >= 11 is 0. The third-order valence-electron chi connectivity index (χ3n) is 4.07.